The number of fused-ring (bicyclic) bond motifs is 1. The number of carboxylic acid groups (broad SMARTS) is 1. The Morgan fingerprint density at radius 1 is 0.827 bits per heavy atom. The summed E-state index contributed by atoms with van der Waals surface area (Å²) in [7, 11) is 1.30. The summed E-state index contributed by atoms with van der Waals surface area (Å²) in [6.45, 7) is 19.9. The standard InChI is InChI=1S/C40H64N2O9Si/c1-29(2)52(30(3)4,31(5)6)51-23-22-49-37-25-42(40(43)44)26-38(39(37)34-13-10-32(11-14-34)27-47-21-20-46-8)50-28-33-12-15-36-35(24-33)41(17-19-48-36)16-9-18-45-7/h10-15,24,29-31,37-39H,9,16-23,25-28H2,1-8H3,(H,43,44)/t37-,38+,39+/m1/s1. The molecule has 1 saturated heterocycles. The first-order chi connectivity index (χ1) is 25.0. The first-order valence-electron chi connectivity index (χ1n) is 19.0. The minimum atomic E-state index is -2.09. The third-order valence-electron chi connectivity index (χ3n) is 10.6. The molecular formula is C40H64N2O9Si. The fraction of sp³-hybridized carbons (Fsp3) is 0.675. The van der Waals surface area contributed by atoms with E-state index in [9.17, 15) is 9.90 Å². The number of nitrogens with zero attached hydrogens (tertiary/aromatic N) is 2. The highest BCUT2D eigenvalue weighted by molar-refractivity contribution is 6.77. The zero-order chi connectivity index (χ0) is 37.7. The van der Waals surface area contributed by atoms with Crippen LogP contribution in [0.2, 0.25) is 16.6 Å². The summed E-state index contributed by atoms with van der Waals surface area (Å²) in [6.07, 6.45) is -0.932. The Hall–Kier alpha value is -2.71. The SMILES string of the molecule is COCCCN1CCOc2ccc(CO[C@H]3CN(C(=O)O)C[C@@H](OCCO[Si](C(C)C)(C(C)C)C(C)C)[C@@H]3c3ccc(COCCOC)cc3)cc21. The van der Waals surface area contributed by atoms with E-state index in [4.69, 9.17) is 32.8 Å². The Balaban J connectivity index is 1.56. The van der Waals surface area contributed by atoms with Crippen molar-refractivity contribution in [1.82, 2.24) is 4.90 Å². The lowest BCUT2D eigenvalue weighted by Gasteiger charge is -2.44. The Morgan fingerprint density at radius 3 is 2.12 bits per heavy atom. The van der Waals surface area contributed by atoms with Gasteiger partial charge in [0.25, 0.3) is 0 Å². The van der Waals surface area contributed by atoms with Crippen LogP contribution in [0.15, 0.2) is 42.5 Å². The van der Waals surface area contributed by atoms with Crippen LogP contribution >= 0.6 is 0 Å². The van der Waals surface area contributed by atoms with Crippen LogP contribution in [0.3, 0.4) is 0 Å². The lowest BCUT2D eigenvalue weighted by molar-refractivity contribution is -0.0929. The van der Waals surface area contributed by atoms with Crippen LogP contribution < -0.4 is 9.64 Å². The molecule has 3 atom stereocenters. The number of rotatable bonds is 21. The van der Waals surface area contributed by atoms with Crippen LogP contribution in [0.5, 0.6) is 5.75 Å². The van der Waals surface area contributed by atoms with Gasteiger partial charge < -0.3 is 47.8 Å². The second-order valence-electron chi connectivity index (χ2n) is 14.9. The monoisotopic (exact) mass is 744 g/mol. The van der Waals surface area contributed by atoms with Gasteiger partial charge in [-0.2, -0.15) is 0 Å². The van der Waals surface area contributed by atoms with E-state index in [0.29, 0.717) is 69.5 Å². The maximum Gasteiger partial charge on any atom is 0.407 e. The van der Waals surface area contributed by atoms with Crippen LogP contribution in [0.4, 0.5) is 10.5 Å². The number of likely N-dealkylation sites (tertiary alicyclic amines) is 1. The Bertz CT molecular complexity index is 1340. The maximum absolute atomic E-state index is 12.5. The lowest BCUT2D eigenvalue weighted by atomic mass is 9.84. The van der Waals surface area contributed by atoms with E-state index >= 15 is 0 Å². The van der Waals surface area contributed by atoms with Crippen LogP contribution in [-0.2, 0) is 41.3 Å². The Kier molecular flexibility index (Phi) is 16.7. The van der Waals surface area contributed by atoms with E-state index < -0.39 is 26.6 Å². The molecule has 2 aliphatic heterocycles. The number of anilines is 1. The largest absolute Gasteiger partial charge is 0.490 e. The number of benzene rings is 2. The molecule has 292 valence electrons. The van der Waals surface area contributed by atoms with Crippen molar-refractivity contribution in [3.05, 3.63) is 59.2 Å². The van der Waals surface area contributed by atoms with Gasteiger partial charge in [-0.15, -0.1) is 0 Å². The van der Waals surface area contributed by atoms with Gasteiger partial charge in [-0.3, -0.25) is 0 Å². The second kappa shape index (κ2) is 20.7. The summed E-state index contributed by atoms with van der Waals surface area (Å²) in [5.74, 6) is 0.661. The van der Waals surface area contributed by atoms with Crippen molar-refractivity contribution in [2.45, 2.75) is 95.9 Å². The molecule has 0 unspecified atom stereocenters. The number of hydrogen-bond acceptors (Lipinski definition) is 9. The molecule has 1 amide bonds. The number of hydrogen-bond donors (Lipinski definition) is 1. The summed E-state index contributed by atoms with van der Waals surface area (Å²) in [4.78, 5) is 16.3. The fourth-order valence-corrected chi connectivity index (χ4v) is 13.6. The second-order valence-corrected chi connectivity index (χ2v) is 20.4. The molecule has 0 saturated carbocycles. The molecule has 0 bridgehead atoms. The normalized spacial score (nSPS) is 19.4. The molecule has 4 rings (SSSR count). The third-order valence-corrected chi connectivity index (χ3v) is 16.8. The van der Waals surface area contributed by atoms with Gasteiger partial charge in [-0.05, 0) is 51.9 Å². The summed E-state index contributed by atoms with van der Waals surface area (Å²) in [5.41, 5.74) is 5.51. The van der Waals surface area contributed by atoms with E-state index in [1.807, 2.05) is 12.1 Å². The van der Waals surface area contributed by atoms with Crippen molar-refractivity contribution in [1.29, 1.82) is 0 Å². The zero-order valence-electron chi connectivity index (χ0n) is 32.8. The Labute approximate surface area is 312 Å². The highest BCUT2D eigenvalue weighted by atomic mass is 28.4. The van der Waals surface area contributed by atoms with Gasteiger partial charge in [-0.25, -0.2) is 4.79 Å². The van der Waals surface area contributed by atoms with Crippen LogP contribution in [0.25, 0.3) is 0 Å². The van der Waals surface area contributed by atoms with Gasteiger partial charge >= 0.3 is 6.09 Å². The molecule has 11 nitrogen and oxygen atoms in total. The molecule has 12 heteroatoms. The van der Waals surface area contributed by atoms with Crippen molar-refractivity contribution < 1.29 is 42.7 Å². The number of carbonyl (C=O) groups is 1. The average Bonchev–Trinajstić information content (AvgIpc) is 3.12. The van der Waals surface area contributed by atoms with Gasteiger partial charge in [0.05, 0.1) is 77.2 Å². The number of ether oxygens (including phenoxy) is 6. The molecule has 1 fully saturated rings. The average molecular weight is 745 g/mol. The highest BCUT2D eigenvalue weighted by Crippen LogP contribution is 2.42. The first kappa shape index (κ1) is 42.0. The summed E-state index contributed by atoms with van der Waals surface area (Å²) in [6, 6.07) is 14.5. The van der Waals surface area contributed by atoms with E-state index in [2.05, 4.69) is 76.8 Å². The van der Waals surface area contributed by atoms with Crippen molar-refractivity contribution in [3.8, 4) is 5.75 Å². The predicted molar refractivity (Wildman–Crippen MR) is 206 cm³/mol. The molecule has 0 radical (unpaired) electrons. The number of methoxy groups -OCH3 is 2. The van der Waals surface area contributed by atoms with Gasteiger partial charge in [0.2, 0.25) is 0 Å². The quantitative estimate of drug-likeness (QED) is 0.103. The van der Waals surface area contributed by atoms with Crippen LogP contribution in [-0.4, -0.2) is 117 Å². The summed E-state index contributed by atoms with van der Waals surface area (Å²) >= 11 is 0. The van der Waals surface area contributed by atoms with E-state index in [1.54, 1.807) is 14.2 Å². The van der Waals surface area contributed by atoms with Crippen molar-refractivity contribution >= 4 is 20.1 Å². The molecule has 1 N–H and O–H groups in total. The van der Waals surface area contributed by atoms with E-state index in [0.717, 1.165) is 47.6 Å². The molecule has 52 heavy (non-hydrogen) atoms. The van der Waals surface area contributed by atoms with E-state index in [-0.39, 0.29) is 19.0 Å². The van der Waals surface area contributed by atoms with Gasteiger partial charge in [0.15, 0.2) is 8.32 Å². The molecule has 2 aliphatic rings. The molecular weight excluding hydrogens is 681 g/mol. The molecule has 2 heterocycles. The van der Waals surface area contributed by atoms with Crippen LogP contribution in [0.1, 0.15) is 70.6 Å². The van der Waals surface area contributed by atoms with Crippen LogP contribution in [0, 0.1) is 0 Å². The number of amides is 1. The third kappa shape index (κ3) is 10.9. The van der Waals surface area contributed by atoms with Gasteiger partial charge in [-0.1, -0.05) is 71.9 Å². The van der Waals surface area contributed by atoms with E-state index in [1.165, 1.54) is 4.90 Å². The minimum Gasteiger partial charge on any atom is -0.490 e. The highest BCUT2D eigenvalue weighted by Gasteiger charge is 2.45. The fourth-order valence-electron chi connectivity index (χ4n) is 8.20. The summed E-state index contributed by atoms with van der Waals surface area (Å²) < 4.78 is 42.3. The van der Waals surface area contributed by atoms with Crippen molar-refractivity contribution in [3.63, 3.8) is 0 Å². The predicted octanol–water partition coefficient (Wildman–Crippen LogP) is 7.32. The molecule has 0 spiro atoms. The lowest BCUT2D eigenvalue weighted by Crippen LogP contribution is -2.54. The smallest absolute Gasteiger partial charge is 0.407 e. The maximum atomic E-state index is 12.5. The minimum absolute atomic E-state index is 0.201. The summed E-state index contributed by atoms with van der Waals surface area (Å²) in [5, 5.41) is 10.2. The molecule has 2 aromatic carbocycles. The van der Waals surface area contributed by atoms with Crippen molar-refractivity contribution in [2.24, 2.45) is 0 Å². The molecule has 0 aromatic heterocycles. The van der Waals surface area contributed by atoms with Gasteiger partial charge in [0.1, 0.15) is 12.4 Å². The zero-order valence-corrected chi connectivity index (χ0v) is 33.8. The first-order valence-corrected chi connectivity index (χ1v) is 21.2. The van der Waals surface area contributed by atoms with Gasteiger partial charge in [0, 0.05) is 33.3 Å². The molecule has 0 aliphatic carbocycles. The molecule has 2 aromatic rings. The topological polar surface area (TPSA) is 108 Å². The number of piperidine rings is 1. The van der Waals surface area contributed by atoms with Crippen molar-refractivity contribution in [2.75, 3.05) is 84.9 Å². The Morgan fingerprint density at radius 2 is 1.48 bits per heavy atom.